The number of H-pyrrole nitrogens is 1. The Morgan fingerprint density at radius 2 is 1.86 bits per heavy atom. The quantitative estimate of drug-likeness (QED) is 0.348. The summed E-state index contributed by atoms with van der Waals surface area (Å²) in [4.78, 5) is 40.1. The minimum absolute atomic E-state index is 0.0463. The Morgan fingerprint density at radius 3 is 2.57 bits per heavy atom. The Balaban J connectivity index is 1.84. The van der Waals surface area contributed by atoms with E-state index in [1.165, 1.54) is 4.68 Å². The number of nitrogens with one attached hydrogen (secondary N) is 1. The summed E-state index contributed by atoms with van der Waals surface area (Å²) in [6.45, 7) is 2.15. The fraction of sp³-hybridized carbons (Fsp3) is 0.333. The van der Waals surface area contributed by atoms with Crippen LogP contribution in [0.15, 0.2) is 47.4 Å². The standard InChI is InChI=1S/C21H23N3O4/c1-2-3-4-7-13-24-20(26)16-10-6-5-9-15(16)19(23-24)21(27)28-14-18(25)17-11-8-12-22-17/h5-6,8-12,22H,2-4,7,13-14H2,1H3. The third-order valence-corrected chi connectivity index (χ3v) is 4.52. The van der Waals surface area contributed by atoms with Gasteiger partial charge in [0.2, 0.25) is 5.78 Å². The number of hydrogen-bond acceptors (Lipinski definition) is 5. The second-order valence-electron chi connectivity index (χ2n) is 6.57. The Kier molecular flexibility index (Phi) is 6.37. The van der Waals surface area contributed by atoms with Crippen LogP contribution < -0.4 is 5.56 Å². The summed E-state index contributed by atoms with van der Waals surface area (Å²) >= 11 is 0. The van der Waals surface area contributed by atoms with E-state index >= 15 is 0 Å². The molecule has 2 aromatic heterocycles. The van der Waals surface area contributed by atoms with E-state index in [4.69, 9.17) is 4.74 Å². The first kappa shape index (κ1) is 19.5. The number of hydrogen-bond donors (Lipinski definition) is 1. The predicted molar refractivity (Wildman–Crippen MR) is 106 cm³/mol. The smallest absolute Gasteiger partial charge is 0.359 e. The lowest BCUT2D eigenvalue weighted by atomic mass is 10.1. The molecule has 0 amide bonds. The highest BCUT2D eigenvalue weighted by atomic mass is 16.5. The topological polar surface area (TPSA) is 94.1 Å². The third-order valence-electron chi connectivity index (χ3n) is 4.52. The molecule has 7 nitrogen and oxygen atoms in total. The van der Waals surface area contributed by atoms with Crippen LogP contribution >= 0.6 is 0 Å². The molecule has 0 spiro atoms. The molecule has 0 aliphatic rings. The number of carbonyl (C=O) groups is 2. The SMILES string of the molecule is CCCCCCn1nc(C(=O)OCC(=O)c2ccc[nH]2)c2ccccc2c1=O. The number of nitrogens with zero attached hydrogens (tertiary/aromatic N) is 2. The van der Waals surface area contributed by atoms with Gasteiger partial charge in [0.05, 0.1) is 11.1 Å². The van der Waals surface area contributed by atoms with Crippen LogP contribution in [0.25, 0.3) is 10.8 Å². The molecule has 0 radical (unpaired) electrons. The lowest BCUT2D eigenvalue weighted by Gasteiger charge is -2.10. The highest BCUT2D eigenvalue weighted by Crippen LogP contribution is 2.15. The van der Waals surface area contributed by atoms with Gasteiger partial charge in [-0.3, -0.25) is 9.59 Å². The second kappa shape index (κ2) is 9.12. The molecule has 0 aliphatic heterocycles. The summed E-state index contributed by atoms with van der Waals surface area (Å²) in [6, 6.07) is 10.1. The minimum Gasteiger partial charge on any atom is -0.452 e. The van der Waals surface area contributed by atoms with Gasteiger partial charge in [-0.05, 0) is 24.6 Å². The number of ketones is 1. The van der Waals surface area contributed by atoms with Gasteiger partial charge < -0.3 is 9.72 Å². The molecule has 1 N–H and O–H groups in total. The number of Topliss-reactive ketones (excluding diaryl/α,β-unsaturated/α-hetero) is 1. The van der Waals surface area contributed by atoms with E-state index in [1.807, 2.05) is 0 Å². The summed E-state index contributed by atoms with van der Waals surface area (Å²) in [7, 11) is 0. The van der Waals surface area contributed by atoms with Crippen LogP contribution in [-0.4, -0.2) is 33.1 Å². The first-order chi connectivity index (χ1) is 13.6. The van der Waals surface area contributed by atoms with Crippen LogP contribution in [-0.2, 0) is 11.3 Å². The van der Waals surface area contributed by atoms with Crippen LogP contribution in [0.1, 0.15) is 53.6 Å². The van der Waals surface area contributed by atoms with Crippen molar-refractivity contribution < 1.29 is 14.3 Å². The lowest BCUT2D eigenvalue weighted by molar-refractivity contribution is 0.0467. The summed E-state index contributed by atoms with van der Waals surface area (Å²) in [5.41, 5.74) is 0.183. The Hall–Kier alpha value is -3.22. The number of aryl methyl sites for hydroxylation is 1. The lowest BCUT2D eigenvalue weighted by Crippen LogP contribution is -2.27. The minimum atomic E-state index is -0.724. The summed E-state index contributed by atoms with van der Waals surface area (Å²) in [6.07, 6.45) is 5.59. The van der Waals surface area contributed by atoms with Crippen molar-refractivity contribution in [2.45, 2.75) is 39.2 Å². The van der Waals surface area contributed by atoms with Gasteiger partial charge in [-0.2, -0.15) is 5.10 Å². The molecule has 0 atom stereocenters. The molecule has 0 fully saturated rings. The van der Waals surface area contributed by atoms with Gasteiger partial charge in [-0.25, -0.2) is 9.48 Å². The molecule has 146 valence electrons. The van der Waals surface area contributed by atoms with E-state index in [0.717, 1.165) is 25.7 Å². The van der Waals surface area contributed by atoms with Gasteiger partial charge in [0.25, 0.3) is 5.56 Å². The van der Waals surface area contributed by atoms with Gasteiger partial charge in [-0.15, -0.1) is 0 Å². The molecule has 3 rings (SSSR count). The normalized spacial score (nSPS) is 10.9. The number of ether oxygens (including phenoxy) is 1. The Bertz CT molecular complexity index is 1020. The number of carbonyl (C=O) groups excluding carboxylic acids is 2. The molecule has 0 saturated carbocycles. The van der Waals surface area contributed by atoms with Gasteiger partial charge in [-0.1, -0.05) is 44.4 Å². The molecule has 28 heavy (non-hydrogen) atoms. The highest BCUT2D eigenvalue weighted by molar-refractivity contribution is 6.03. The Morgan fingerprint density at radius 1 is 1.07 bits per heavy atom. The first-order valence-electron chi connectivity index (χ1n) is 9.45. The van der Waals surface area contributed by atoms with Gasteiger partial charge >= 0.3 is 5.97 Å². The van der Waals surface area contributed by atoms with Crippen molar-refractivity contribution in [2.24, 2.45) is 0 Å². The summed E-state index contributed by atoms with van der Waals surface area (Å²) in [5.74, 6) is -1.06. The zero-order valence-corrected chi connectivity index (χ0v) is 15.8. The van der Waals surface area contributed by atoms with Crippen molar-refractivity contribution in [3.8, 4) is 0 Å². The molecule has 7 heteroatoms. The van der Waals surface area contributed by atoms with Crippen LogP contribution in [0, 0.1) is 0 Å². The maximum absolute atomic E-state index is 12.7. The highest BCUT2D eigenvalue weighted by Gasteiger charge is 2.19. The van der Waals surface area contributed by atoms with Crippen molar-refractivity contribution in [1.29, 1.82) is 0 Å². The third kappa shape index (κ3) is 4.36. The number of aromatic amines is 1. The van der Waals surface area contributed by atoms with Crippen LogP contribution in [0.5, 0.6) is 0 Å². The van der Waals surface area contributed by atoms with E-state index in [1.54, 1.807) is 42.6 Å². The monoisotopic (exact) mass is 381 g/mol. The molecule has 3 aromatic rings. The summed E-state index contributed by atoms with van der Waals surface area (Å²) < 4.78 is 6.49. The zero-order chi connectivity index (χ0) is 19.9. The maximum Gasteiger partial charge on any atom is 0.359 e. The number of rotatable bonds is 9. The maximum atomic E-state index is 12.7. The van der Waals surface area contributed by atoms with Crippen molar-refractivity contribution in [2.75, 3.05) is 6.61 Å². The van der Waals surface area contributed by atoms with Gasteiger partial charge in [0, 0.05) is 18.1 Å². The number of fused-ring (bicyclic) bond motifs is 1. The molecular weight excluding hydrogens is 358 g/mol. The molecule has 2 heterocycles. The number of aromatic nitrogens is 3. The van der Waals surface area contributed by atoms with E-state index in [-0.39, 0.29) is 17.0 Å². The largest absolute Gasteiger partial charge is 0.452 e. The summed E-state index contributed by atoms with van der Waals surface area (Å²) in [5, 5.41) is 5.09. The molecule has 0 bridgehead atoms. The average molecular weight is 381 g/mol. The van der Waals surface area contributed by atoms with Crippen molar-refractivity contribution in [1.82, 2.24) is 14.8 Å². The van der Waals surface area contributed by atoms with Gasteiger partial charge in [0.15, 0.2) is 12.3 Å². The molecule has 0 unspecified atom stereocenters. The molecule has 1 aromatic carbocycles. The van der Waals surface area contributed by atoms with E-state index in [9.17, 15) is 14.4 Å². The van der Waals surface area contributed by atoms with Crippen LogP contribution in [0.2, 0.25) is 0 Å². The van der Waals surface area contributed by atoms with Crippen molar-refractivity contribution >= 4 is 22.5 Å². The molecular formula is C21H23N3O4. The van der Waals surface area contributed by atoms with E-state index < -0.39 is 12.6 Å². The number of unbranched alkanes of at least 4 members (excludes halogenated alkanes) is 3. The zero-order valence-electron chi connectivity index (χ0n) is 15.8. The van der Waals surface area contributed by atoms with Crippen molar-refractivity contribution in [3.63, 3.8) is 0 Å². The Labute approximate surface area is 162 Å². The average Bonchev–Trinajstić information content (AvgIpc) is 3.26. The van der Waals surface area contributed by atoms with Crippen LogP contribution in [0.3, 0.4) is 0 Å². The fourth-order valence-corrected chi connectivity index (χ4v) is 3.01. The second-order valence-corrected chi connectivity index (χ2v) is 6.57. The fourth-order valence-electron chi connectivity index (χ4n) is 3.01. The predicted octanol–water partition coefficient (Wildman–Crippen LogP) is 3.34. The first-order valence-corrected chi connectivity index (χ1v) is 9.45. The van der Waals surface area contributed by atoms with Gasteiger partial charge in [0.1, 0.15) is 0 Å². The number of esters is 1. The molecule has 0 saturated heterocycles. The van der Waals surface area contributed by atoms with E-state index in [2.05, 4.69) is 17.0 Å². The van der Waals surface area contributed by atoms with Crippen molar-refractivity contribution in [3.05, 3.63) is 64.3 Å². The van der Waals surface area contributed by atoms with E-state index in [0.29, 0.717) is 23.0 Å². The number of benzene rings is 1. The molecule has 0 aliphatic carbocycles. The van der Waals surface area contributed by atoms with Crippen LogP contribution in [0.4, 0.5) is 0 Å².